The molecule has 0 saturated carbocycles. The number of rotatable bonds is 3. The standard InChI is InChI=1S/C13H14N2O4S/c1-9-7-11-8-10(13(16)19-6-5-14)3-4-12(11)15(9)20(2,17)18/h3-4,8-9H,6-7H2,1-2H3. The van der Waals surface area contributed by atoms with Crippen LogP contribution >= 0.6 is 0 Å². The molecule has 0 bridgehead atoms. The molecule has 1 aromatic carbocycles. The summed E-state index contributed by atoms with van der Waals surface area (Å²) in [5, 5.41) is 8.38. The highest BCUT2D eigenvalue weighted by Crippen LogP contribution is 2.34. The first-order valence-corrected chi connectivity index (χ1v) is 7.86. The van der Waals surface area contributed by atoms with Crippen molar-refractivity contribution < 1.29 is 17.9 Å². The average molecular weight is 294 g/mol. The molecule has 1 aromatic rings. The zero-order chi connectivity index (χ0) is 14.9. The lowest BCUT2D eigenvalue weighted by Gasteiger charge is -2.21. The third-order valence-corrected chi connectivity index (χ3v) is 4.36. The van der Waals surface area contributed by atoms with Gasteiger partial charge in [0.1, 0.15) is 6.07 Å². The van der Waals surface area contributed by atoms with Crippen LogP contribution in [0.4, 0.5) is 5.69 Å². The Balaban J connectivity index is 2.34. The van der Waals surface area contributed by atoms with E-state index in [1.807, 2.05) is 6.92 Å². The van der Waals surface area contributed by atoms with E-state index >= 15 is 0 Å². The molecule has 0 saturated heterocycles. The second kappa shape index (κ2) is 5.13. The van der Waals surface area contributed by atoms with Crippen molar-refractivity contribution in [1.82, 2.24) is 0 Å². The fourth-order valence-electron chi connectivity index (χ4n) is 2.42. The largest absolute Gasteiger partial charge is 0.447 e. The predicted molar refractivity (Wildman–Crippen MR) is 72.8 cm³/mol. The van der Waals surface area contributed by atoms with Gasteiger partial charge in [0.2, 0.25) is 10.0 Å². The van der Waals surface area contributed by atoms with E-state index in [4.69, 9.17) is 10.00 Å². The van der Waals surface area contributed by atoms with E-state index in [0.717, 1.165) is 11.8 Å². The SMILES string of the molecule is CC1Cc2cc(C(=O)OCC#N)ccc2N1S(C)(=O)=O. The lowest BCUT2D eigenvalue weighted by Crippen LogP contribution is -2.34. The van der Waals surface area contributed by atoms with Crippen molar-refractivity contribution >= 4 is 21.7 Å². The molecule has 1 heterocycles. The number of carbonyl (C=O) groups excluding carboxylic acids is 1. The predicted octanol–water partition coefficient (Wildman–Crippen LogP) is 1.08. The van der Waals surface area contributed by atoms with Crippen LogP contribution < -0.4 is 4.31 Å². The number of ether oxygens (including phenoxy) is 1. The van der Waals surface area contributed by atoms with Crippen molar-refractivity contribution in [3.05, 3.63) is 29.3 Å². The van der Waals surface area contributed by atoms with Crippen LogP contribution in [0.2, 0.25) is 0 Å². The zero-order valence-corrected chi connectivity index (χ0v) is 12.0. The first-order chi connectivity index (χ1) is 9.34. The Morgan fingerprint density at radius 2 is 2.25 bits per heavy atom. The number of nitrogens with zero attached hydrogens (tertiary/aromatic N) is 2. The Morgan fingerprint density at radius 1 is 1.55 bits per heavy atom. The summed E-state index contributed by atoms with van der Waals surface area (Å²) in [4.78, 5) is 11.7. The maximum Gasteiger partial charge on any atom is 0.339 e. The monoisotopic (exact) mass is 294 g/mol. The van der Waals surface area contributed by atoms with Gasteiger partial charge in [0.15, 0.2) is 6.61 Å². The number of fused-ring (bicyclic) bond motifs is 1. The Labute approximate surface area is 117 Å². The van der Waals surface area contributed by atoms with E-state index in [0.29, 0.717) is 17.7 Å². The van der Waals surface area contributed by atoms with E-state index in [9.17, 15) is 13.2 Å². The van der Waals surface area contributed by atoms with Crippen molar-refractivity contribution in [3.8, 4) is 6.07 Å². The van der Waals surface area contributed by atoms with E-state index in [1.165, 1.54) is 10.4 Å². The molecule has 1 unspecified atom stereocenters. The molecule has 1 aliphatic rings. The van der Waals surface area contributed by atoms with Crippen molar-refractivity contribution in [1.29, 1.82) is 5.26 Å². The Morgan fingerprint density at radius 3 is 2.85 bits per heavy atom. The number of sulfonamides is 1. The maximum atomic E-state index is 11.8. The van der Waals surface area contributed by atoms with Crippen molar-refractivity contribution in [2.75, 3.05) is 17.2 Å². The zero-order valence-electron chi connectivity index (χ0n) is 11.2. The molecule has 7 heteroatoms. The van der Waals surface area contributed by atoms with Crippen molar-refractivity contribution in [3.63, 3.8) is 0 Å². The Kier molecular flexibility index (Phi) is 3.68. The van der Waals surface area contributed by atoms with Gasteiger partial charge in [-0.05, 0) is 37.1 Å². The van der Waals surface area contributed by atoms with Crippen LogP contribution in [0, 0.1) is 11.3 Å². The van der Waals surface area contributed by atoms with E-state index in [-0.39, 0.29) is 12.6 Å². The summed E-state index contributed by atoms with van der Waals surface area (Å²) in [7, 11) is -3.34. The van der Waals surface area contributed by atoms with Gasteiger partial charge in [0, 0.05) is 6.04 Å². The Hall–Kier alpha value is -2.07. The highest BCUT2D eigenvalue weighted by atomic mass is 32.2. The number of hydrogen-bond donors (Lipinski definition) is 0. The molecule has 0 spiro atoms. The molecule has 1 aliphatic heterocycles. The van der Waals surface area contributed by atoms with Crippen molar-refractivity contribution in [2.45, 2.75) is 19.4 Å². The number of esters is 1. The first kappa shape index (κ1) is 14.3. The minimum atomic E-state index is -3.34. The van der Waals surface area contributed by atoms with Gasteiger partial charge in [0.25, 0.3) is 0 Å². The summed E-state index contributed by atoms with van der Waals surface area (Å²) >= 11 is 0. The van der Waals surface area contributed by atoms with Gasteiger partial charge in [-0.3, -0.25) is 4.31 Å². The molecular formula is C13H14N2O4S. The van der Waals surface area contributed by atoms with E-state index in [1.54, 1.807) is 18.2 Å². The normalized spacial score (nSPS) is 17.4. The van der Waals surface area contributed by atoms with Crippen LogP contribution in [0.3, 0.4) is 0 Å². The molecule has 20 heavy (non-hydrogen) atoms. The van der Waals surface area contributed by atoms with Gasteiger partial charge in [0.05, 0.1) is 17.5 Å². The average Bonchev–Trinajstić information content (AvgIpc) is 2.70. The van der Waals surface area contributed by atoms with Crippen LogP contribution in [0.15, 0.2) is 18.2 Å². The van der Waals surface area contributed by atoms with Crippen molar-refractivity contribution in [2.24, 2.45) is 0 Å². The first-order valence-electron chi connectivity index (χ1n) is 6.01. The molecule has 1 atom stereocenters. The third kappa shape index (κ3) is 2.60. The highest BCUT2D eigenvalue weighted by molar-refractivity contribution is 7.92. The van der Waals surface area contributed by atoms with Crippen LogP contribution in [-0.2, 0) is 21.2 Å². The lowest BCUT2D eigenvalue weighted by atomic mass is 10.1. The van der Waals surface area contributed by atoms with Gasteiger partial charge in [-0.1, -0.05) is 0 Å². The topological polar surface area (TPSA) is 87.5 Å². The maximum absolute atomic E-state index is 11.8. The number of nitriles is 1. The molecule has 0 N–H and O–H groups in total. The van der Waals surface area contributed by atoms with E-state index in [2.05, 4.69) is 0 Å². The van der Waals surface area contributed by atoms with Gasteiger partial charge in [-0.25, -0.2) is 13.2 Å². The Bertz CT molecular complexity index is 691. The second-order valence-corrected chi connectivity index (χ2v) is 6.55. The lowest BCUT2D eigenvalue weighted by molar-refractivity contribution is 0.0555. The molecule has 6 nitrogen and oxygen atoms in total. The molecule has 0 fully saturated rings. The fourth-order valence-corrected chi connectivity index (χ4v) is 3.68. The fraction of sp³-hybridized carbons (Fsp3) is 0.385. The molecule has 106 valence electrons. The molecule has 0 aliphatic carbocycles. The summed E-state index contributed by atoms with van der Waals surface area (Å²) in [6.45, 7) is 1.51. The second-order valence-electron chi connectivity index (χ2n) is 4.69. The van der Waals surface area contributed by atoms with Gasteiger partial charge >= 0.3 is 5.97 Å². The van der Waals surface area contributed by atoms with Gasteiger partial charge in [-0.15, -0.1) is 0 Å². The molecule has 0 amide bonds. The van der Waals surface area contributed by atoms with E-state index < -0.39 is 16.0 Å². The minimum Gasteiger partial charge on any atom is -0.447 e. The summed E-state index contributed by atoms with van der Waals surface area (Å²) in [6.07, 6.45) is 1.70. The summed E-state index contributed by atoms with van der Waals surface area (Å²) in [5.74, 6) is -0.584. The number of benzene rings is 1. The molecular weight excluding hydrogens is 280 g/mol. The minimum absolute atomic E-state index is 0.176. The number of carbonyl (C=O) groups is 1. The quantitative estimate of drug-likeness (QED) is 0.778. The molecule has 0 radical (unpaired) electrons. The van der Waals surface area contributed by atoms with Gasteiger partial charge < -0.3 is 4.74 Å². The van der Waals surface area contributed by atoms with Crippen LogP contribution in [-0.4, -0.2) is 33.3 Å². The van der Waals surface area contributed by atoms with Crippen LogP contribution in [0.25, 0.3) is 0 Å². The van der Waals surface area contributed by atoms with Gasteiger partial charge in [-0.2, -0.15) is 5.26 Å². The highest BCUT2D eigenvalue weighted by Gasteiger charge is 2.32. The summed E-state index contributed by atoms with van der Waals surface area (Å²) in [6, 6.07) is 6.28. The molecule has 0 aromatic heterocycles. The van der Waals surface area contributed by atoms with Crippen LogP contribution in [0.1, 0.15) is 22.8 Å². The smallest absolute Gasteiger partial charge is 0.339 e. The summed E-state index contributed by atoms with van der Waals surface area (Å²) < 4.78 is 29.6. The third-order valence-electron chi connectivity index (χ3n) is 3.09. The molecule has 2 rings (SSSR count). The summed E-state index contributed by atoms with van der Waals surface area (Å²) in [5.41, 5.74) is 1.70. The van der Waals surface area contributed by atoms with Crippen LogP contribution in [0.5, 0.6) is 0 Å². The number of hydrogen-bond acceptors (Lipinski definition) is 5. The number of anilines is 1.